The predicted octanol–water partition coefficient (Wildman–Crippen LogP) is 1.59. The van der Waals surface area contributed by atoms with Gasteiger partial charge in [-0.1, -0.05) is 11.6 Å². The van der Waals surface area contributed by atoms with Crippen molar-refractivity contribution >= 4 is 24.0 Å². The van der Waals surface area contributed by atoms with Gasteiger partial charge in [0.05, 0.1) is 5.69 Å². The number of hydrogen-bond acceptors (Lipinski definition) is 4. The molecule has 0 spiro atoms. The molecule has 1 unspecified atom stereocenters. The summed E-state index contributed by atoms with van der Waals surface area (Å²) in [6, 6.07) is 0. The van der Waals surface area contributed by atoms with Crippen molar-refractivity contribution in [3.05, 3.63) is 23.2 Å². The van der Waals surface area contributed by atoms with Gasteiger partial charge in [0.15, 0.2) is 5.15 Å². The maximum Gasteiger partial charge on any atom is 0.151 e. The fourth-order valence-electron chi connectivity index (χ4n) is 2.09. The summed E-state index contributed by atoms with van der Waals surface area (Å²) < 4.78 is 0. The summed E-state index contributed by atoms with van der Waals surface area (Å²) in [7, 11) is 2.10. The average molecular weight is 277 g/mol. The van der Waals surface area contributed by atoms with Crippen LogP contribution in [0.2, 0.25) is 5.15 Å². The first-order valence-electron chi connectivity index (χ1n) is 5.60. The average Bonchev–Trinajstić information content (AvgIpc) is 2.74. The lowest BCUT2D eigenvalue weighted by Crippen LogP contribution is -2.27. The normalized spacial score (nSPS) is 19.4. The molecule has 17 heavy (non-hydrogen) atoms. The molecule has 1 aromatic rings. The first-order valence-corrected chi connectivity index (χ1v) is 5.98. The van der Waals surface area contributed by atoms with Crippen molar-refractivity contribution in [2.45, 2.75) is 13.0 Å². The Labute approximate surface area is 113 Å². The second-order valence-electron chi connectivity index (χ2n) is 4.35. The third kappa shape index (κ3) is 4.39. The zero-order valence-corrected chi connectivity index (χ0v) is 11.5. The Morgan fingerprint density at radius 3 is 2.88 bits per heavy atom. The van der Waals surface area contributed by atoms with Gasteiger partial charge in [-0.2, -0.15) is 0 Å². The summed E-state index contributed by atoms with van der Waals surface area (Å²) in [5, 5.41) is 3.89. The minimum Gasteiger partial charge on any atom is -0.316 e. The molecular weight excluding hydrogens is 259 g/mol. The molecule has 0 aliphatic carbocycles. The highest BCUT2D eigenvalue weighted by Gasteiger charge is 2.17. The number of rotatable bonds is 4. The van der Waals surface area contributed by atoms with E-state index in [1.54, 1.807) is 12.4 Å². The van der Waals surface area contributed by atoms with Crippen LogP contribution in [0.5, 0.6) is 0 Å². The van der Waals surface area contributed by atoms with Crippen molar-refractivity contribution in [1.82, 2.24) is 20.2 Å². The summed E-state index contributed by atoms with van der Waals surface area (Å²) in [6.45, 7) is 4.12. The lowest BCUT2D eigenvalue weighted by atomic mass is 10.1. The van der Waals surface area contributed by atoms with Gasteiger partial charge in [0, 0.05) is 25.5 Å². The molecule has 4 nitrogen and oxygen atoms in total. The zero-order chi connectivity index (χ0) is 11.4. The van der Waals surface area contributed by atoms with Gasteiger partial charge in [-0.3, -0.25) is 4.98 Å². The first-order chi connectivity index (χ1) is 7.75. The smallest absolute Gasteiger partial charge is 0.151 e. The summed E-state index contributed by atoms with van der Waals surface area (Å²) in [6.07, 6.45) is 4.57. The standard InChI is InChI=1S/C11H17ClN4.ClH/c1-16(7-9-2-3-13-6-9)8-10-11(12)15-5-4-14-10;/h4-5,9,13H,2-3,6-8H2,1H3;1H. The number of aromatic nitrogens is 2. The summed E-state index contributed by atoms with van der Waals surface area (Å²) in [5.74, 6) is 0.750. The van der Waals surface area contributed by atoms with E-state index in [2.05, 4.69) is 27.2 Å². The molecule has 1 fully saturated rings. The van der Waals surface area contributed by atoms with Crippen molar-refractivity contribution in [2.24, 2.45) is 5.92 Å². The van der Waals surface area contributed by atoms with Gasteiger partial charge in [0.25, 0.3) is 0 Å². The van der Waals surface area contributed by atoms with Crippen LogP contribution < -0.4 is 5.32 Å². The van der Waals surface area contributed by atoms with Gasteiger partial charge in [0.1, 0.15) is 0 Å². The molecule has 0 saturated carbocycles. The highest BCUT2D eigenvalue weighted by molar-refractivity contribution is 6.29. The van der Waals surface area contributed by atoms with E-state index in [4.69, 9.17) is 11.6 Å². The second-order valence-corrected chi connectivity index (χ2v) is 4.71. The van der Waals surface area contributed by atoms with E-state index >= 15 is 0 Å². The van der Waals surface area contributed by atoms with Crippen LogP contribution >= 0.6 is 24.0 Å². The zero-order valence-electron chi connectivity index (χ0n) is 9.90. The minimum absolute atomic E-state index is 0. The van der Waals surface area contributed by atoms with Crippen molar-refractivity contribution in [3.63, 3.8) is 0 Å². The molecule has 1 saturated heterocycles. The molecule has 1 atom stereocenters. The number of halogens is 2. The largest absolute Gasteiger partial charge is 0.316 e. The van der Waals surface area contributed by atoms with Crippen molar-refractivity contribution < 1.29 is 0 Å². The summed E-state index contributed by atoms with van der Waals surface area (Å²) in [4.78, 5) is 10.5. The number of hydrogen-bond donors (Lipinski definition) is 1. The molecule has 1 aromatic heterocycles. The molecule has 1 N–H and O–H groups in total. The molecule has 1 aliphatic heterocycles. The third-order valence-electron chi connectivity index (χ3n) is 2.87. The van der Waals surface area contributed by atoms with Crippen LogP contribution in [0.4, 0.5) is 0 Å². The first kappa shape index (κ1) is 14.6. The molecule has 1 aliphatic rings. The Bertz CT molecular complexity index is 342. The van der Waals surface area contributed by atoms with Crippen LogP contribution in [0.3, 0.4) is 0 Å². The summed E-state index contributed by atoms with van der Waals surface area (Å²) in [5.41, 5.74) is 0.859. The third-order valence-corrected chi connectivity index (χ3v) is 3.19. The van der Waals surface area contributed by atoms with Crippen molar-refractivity contribution in [1.29, 1.82) is 0 Å². The quantitative estimate of drug-likeness (QED) is 0.907. The van der Waals surface area contributed by atoms with E-state index in [0.29, 0.717) is 5.15 Å². The van der Waals surface area contributed by atoms with E-state index in [1.165, 1.54) is 6.42 Å². The van der Waals surface area contributed by atoms with E-state index in [9.17, 15) is 0 Å². The minimum atomic E-state index is 0. The van der Waals surface area contributed by atoms with Crippen LogP contribution in [0.25, 0.3) is 0 Å². The van der Waals surface area contributed by atoms with Crippen molar-refractivity contribution in [3.8, 4) is 0 Å². The van der Waals surface area contributed by atoms with Crippen molar-refractivity contribution in [2.75, 3.05) is 26.7 Å². The highest BCUT2D eigenvalue weighted by atomic mass is 35.5. The Kier molecular flexibility index (Phi) is 6.12. The topological polar surface area (TPSA) is 41.1 Å². The van der Waals surface area contributed by atoms with Crippen LogP contribution in [0.1, 0.15) is 12.1 Å². The maximum atomic E-state index is 5.97. The summed E-state index contributed by atoms with van der Waals surface area (Å²) >= 11 is 5.97. The lowest BCUT2D eigenvalue weighted by Gasteiger charge is -2.19. The lowest BCUT2D eigenvalue weighted by molar-refractivity contribution is 0.275. The van der Waals surface area contributed by atoms with E-state index in [-0.39, 0.29) is 12.4 Å². The van der Waals surface area contributed by atoms with Gasteiger partial charge in [-0.25, -0.2) is 4.98 Å². The Balaban J connectivity index is 0.00000144. The van der Waals surface area contributed by atoms with Crippen LogP contribution in [-0.4, -0.2) is 41.5 Å². The number of nitrogens with zero attached hydrogens (tertiary/aromatic N) is 3. The second kappa shape index (κ2) is 7.11. The van der Waals surface area contributed by atoms with Crippen LogP contribution in [-0.2, 0) is 6.54 Å². The van der Waals surface area contributed by atoms with Gasteiger partial charge in [-0.05, 0) is 32.5 Å². The molecular formula is C11H18Cl2N4. The molecule has 6 heteroatoms. The van der Waals surface area contributed by atoms with Gasteiger partial charge >= 0.3 is 0 Å². The van der Waals surface area contributed by atoms with Gasteiger partial charge in [-0.15, -0.1) is 12.4 Å². The molecule has 2 rings (SSSR count). The SMILES string of the molecule is CN(Cc1nccnc1Cl)CC1CCNC1.Cl. The fourth-order valence-corrected chi connectivity index (χ4v) is 2.25. The maximum absolute atomic E-state index is 5.97. The fraction of sp³-hybridized carbons (Fsp3) is 0.636. The van der Waals surface area contributed by atoms with E-state index in [0.717, 1.165) is 37.8 Å². The molecule has 96 valence electrons. The van der Waals surface area contributed by atoms with Gasteiger partial charge < -0.3 is 10.2 Å². The van der Waals surface area contributed by atoms with Crippen LogP contribution in [0.15, 0.2) is 12.4 Å². The van der Waals surface area contributed by atoms with Gasteiger partial charge in [0.2, 0.25) is 0 Å². The molecule has 2 heterocycles. The van der Waals surface area contributed by atoms with Crippen LogP contribution in [0, 0.1) is 5.92 Å². The highest BCUT2D eigenvalue weighted by Crippen LogP contribution is 2.13. The Hall–Kier alpha value is -0.420. The molecule has 0 bridgehead atoms. The van der Waals surface area contributed by atoms with E-state index in [1.807, 2.05) is 0 Å². The molecule has 0 aromatic carbocycles. The number of nitrogens with one attached hydrogen (secondary N) is 1. The predicted molar refractivity (Wildman–Crippen MR) is 71.6 cm³/mol. The van der Waals surface area contributed by atoms with E-state index < -0.39 is 0 Å². The molecule has 0 radical (unpaired) electrons. The Morgan fingerprint density at radius 1 is 1.47 bits per heavy atom. The molecule has 0 amide bonds. The Morgan fingerprint density at radius 2 is 2.24 bits per heavy atom. The monoisotopic (exact) mass is 276 g/mol.